The fourth-order valence-corrected chi connectivity index (χ4v) is 3.08. The highest BCUT2D eigenvalue weighted by Crippen LogP contribution is 2.37. The number of rotatable bonds is 7. The molecule has 3 rings (SSSR count). The van der Waals surface area contributed by atoms with Gasteiger partial charge in [-0.2, -0.15) is 9.78 Å². The quantitative estimate of drug-likeness (QED) is 0.542. The lowest BCUT2D eigenvalue weighted by Gasteiger charge is -2.15. The van der Waals surface area contributed by atoms with Crippen LogP contribution >= 0.6 is 11.6 Å². The van der Waals surface area contributed by atoms with Crippen LogP contribution in [-0.2, 0) is 5.41 Å². The van der Waals surface area contributed by atoms with Gasteiger partial charge in [0.2, 0.25) is 0 Å². The molecule has 1 amide bonds. The van der Waals surface area contributed by atoms with Gasteiger partial charge in [0.15, 0.2) is 11.5 Å². The molecule has 0 unspecified atom stereocenters. The van der Waals surface area contributed by atoms with Crippen molar-refractivity contribution in [2.75, 3.05) is 19.0 Å². The van der Waals surface area contributed by atoms with Gasteiger partial charge in [0.25, 0.3) is 11.9 Å². The maximum atomic E-state index is 13.1. The Morgan fingerprint density at radius 1 is 1.19 bits per heavy atom. The van der Waals surface area contributed by atoms with Crippen LogP contribution in [0.1, 0.15) is 50.7 Å². The first-order valence-electron chi connectivity index (χ1n) is 10.3. The first kappa shape index (κ1) is 23.5. The molecule has 32 heavy (non-hydrogen) atoms. The van der Waals surface area contributed by atoms with Crippen molar-refractivity contribution in [1.29, 1.82) is 0 Å². The van der Waals surface area contributed by atoms with Crippen LogP contribution in [-0.4, -0.2) is 39.4 Å². The predicted octanol–water partition coefficient (Wildman–Crippen LogP) is 4.91. The standard InChI is InChI=1S/C23H28ClN5O3/c1-14(2)13-32-20-16(24)10-15(11-17(20)31-6)21(30)27-19-12-18(23(3,4)5)28-29(19)22-25-8-7-9-26-22/h7-12,14H,13H2,1-6H3,(H,27,30). The zero-order valence-electron chi connectivity index (χ0n) is 19.1. The van der Waals surface area contributed by atoms with Gasteiger partial charge in [0.05, 0.1) is 24.4 Å². The van der Waals surface area contributed by atoms with Crippen LogP contribution in [0, 0.1) is 5.92 Å². The van der Waals surface area contributed by atoms with Crippen LogP contribution in [0.4, 0.5) is 5.82 Å². The van der Waals surface area contributed by atoms with E-state index in [9.17, 15) is 4.79 Å². The van der Waals surface area contributed by atoms with E-state index in [1.165, 1.54) is 11.8 Å². The van der Waals surface area contributed by atoms with E-state index >= 15 is 0 Å². The maximum absolute atomic E-state index is 13.1. The molecule has 8 nitrogen and oxygen atoms in total. The molecule has 0 fully saturated rings. The molecule has 0 aliphatic heterocycles. The fraction of sp³-hybridized carbons (Fsp3) is 0.391. The molecule has 0 bridgehead atoms. The average Bonchev–Trinajstić information content (AvgIpc) is 3.17. The number of benzene rings is 1. The van der Waals surface area contributed by atoms with Crippen LogP contribution in [0.15, 0.2) is 36.7 Å². The van der Waals surface area contributed by atoms with Crippen LogP contribution in [0.2, 0.25) is 5.02 Å². The Labute approximate surface area is 192 Å². The molecule has 9 heteroatoms. The Hall–Kier alpha value is -3.13. The third-order valence-corrected chi connectivity index (χ3v) is 4.79. The van der Waals surface area contributed by atoms with E-state index in [4.69, 9.17) is 21.1 Å². The van der Waals surface area contributed by atoms with Gasteiger partial charge in [0, 0.05) is 29.4 Å². The fourth-order valence-electron chi connectivity index (χ4n) is 2.82. The molecular formula is C23H28ClN5O3. The van der Waals surface area contributed by atoms with Crippen molar-refractivity contribution >= 4 is 23.3 Å². The molecule has 1 aromatic carbocycles. The summed E-state index contributed by atoms with van der Waals surface area (Å²) in [6, 6.07) is 6.68. The number of carbonyl (C=O) groups is 1. The summed E-state index contributed by atoms with van der Waals surface area (Å²) in [5.41, 5.74) is 0.873. The molecule has 170 valence electrons. The smallest absolute Gasteiger partial charge is 0.257 e. The molecule has 0 saturated heterocycles. The first-order chi connectivity index (χ1) is 15.1. The molecule has 0 saturated carbocycles. The number of nitrogens with zero attached hydrogens (tertiary/aromatic N) is 4. The lowest BCUT2D eigenvalue weighted by molar-refractivity contribution is 0.102. The summed E-state index contributed by atoms with van der Waals surface area (Å²) in [4.78, 5) is 21.6. The van der Waals surface area contributed by atoms with Crippen molar-refractivity contribution in [3.8, 4) is 17.4 Å². The summed E-state index contributed by atoms with van der Waals surface area (Å²) in [5.74, 6) is 1.54. The molecular weight excluding hydrogens is 430 g/mol. The lowest BCUT2D eigenvalue weighted by atomic mass is 9.92. The number of halogens is 1. The summed E-state index contributed by atoms with van der Waals surface area (Å²) < 4.78 is 12.7. The molecule has 0 spiro atoms. The molecule has 2 heterocycles. The molecule has 0 aliphatic carbocycles. The highest BCUT2D eigenvalue weighted by atomic mass is 35.5. The van der Waals surface area contributed by atoms with Crippen LogP contribution in [0.5, 0.6) is 11.5 Å². The van der Waals surface area contributed by atoms with Crippen LogP contribution < -0.4 is 14.8 Å². The van der Waals surface area contributed by atoms with Crippen LogP contribution in [0.3, 0.4) is 0 Å². The minimum atomic E-state index is -0.377. The first-order valence-corrected chi connectivity index (χ1v) is 10.7. The monoisotopic (exact) mass is 457 g/mol. The highest BCUT2D eigenvalue weighted by molar-refractivity contribution is 6.32. The number of aromatic nitrogens is 4. The Morgan fingerprint density at radius 3 is 2.47 bits per heavy atom. The number of carbonyl (C=O) groups excluding carboxylic acids is 1. The summed E-state index contributed by atoms with van der Waals surface area (Å²) in [6.07, 6.45) is 3.24. The summed E-state index contributed by atoms with van der Waals surface area (Å²) in [7, 11) is 1.51. The van der Waals surface area contributed by atoms with E-state index < -0.39 is 0 Å². The Morgan fingerprint density at radius 2 is 1.88 bits per heavy atom. The second kappa shape index (κ2) is 9.56. The number of hydrogen-bond acceptors (Lipinski definition) is 6. The van der Waals surface area contributed by atoms with Crippen molar-refractivity contribution in [2.45, 2.75) is 40.0 Å². The van der Waals surface area contributed by atoms with E-state index in [0.29, 0.717) is 46.4 Å². The molecule has 0 radical (unpaired) electrons. The molecule has 1 N–H and O–H groups in total. The van der Waals surface area contributed by atoms with Gasteiger partial charge in [-0.05, 0) is 24.1 Å². The summed E-state index contributed by atoms with van der Waals surface area (Å²) in [6.45, 7) is 10.7. The Balaban J connectivity index is 1.95. The zero-order chi connectivity index (χ0) is 23.5. The summed E-state index contributed by atoms with van der Waals surface area (Å²) in [5, 5.41) is 7.80. The Kier molecular flexibility index (Phi) is 7.03. The molecule has 0 atom stereocenters. The third-order valence-electron chi connectivity index (χ3n) is 4.51. The largest absolute Gasteiger partial charge is 0.493 e. The van der Waals surface area contributed by atoms with Gasteiger partial charge in [-0.15, -0.1) is 0 Å². The summed E-state index contributed by atoms with van der Waals surface area (Å²) >= 11 is 6.41. The van der Waals surface area contributed by atoms with E-state index in [-0.39, 0.29) is 11.3 Å². The minimum Gasteiger partial charge on any atom is -0.493 e. The van der Waals surface area contributed by atoms with Gasteiger partial charge >= 0.3 is 0 Å². The number of anilines is 1. The maximum Gasteiger partial charge on any atom is 0.257 e. The number of nitrogens with one attached hydrogen (secondary N) is 1. The van der Waals surface area contributed by atoms with Crippen molar-refractivity contribution in [2.24, 2.45) is 5.92 Å². The van der Waals surface area contributed by atoms with Gasteiger partial charge in [0.1, 0.15) is 5.82 Å². The third kappa shape index (κ3) is 5.37. The average molecular weight is 458 g/mol. The van der Waals surface area contributed by atoms with Gasteiger partial charge in [-0.25, -0.2) is 9.97 Å². The van der Waals surface area contributed by atoms with Crippen molar-refractivity contribution < 1.29 is 14.3 Å². The second-order valence-corrected chi connectivity index (χ2v) is 9.18. The SMILES string of the molecule is COc1cc(C(=O)Nc2cc(C(C)(C)C)nn2-c2ncccn2)cc(Cl)c1OCC(C)C. The number of methoxy groups -OCH3 is 1. The highest BCUT2D eigenvalue weighted by Gasteiger charge is 2.23. The van der Waals surface area contributed by atoms with Gasteiger partial charge < -0.3 is 14.8 Å². The van der Waals surface area contributed by atoms with Crippen molar-refractivity contribution in [3.05, 3.63) is 52.9 Å². The zero-order valence-corrected chi connectivity index (χ0v) is 19.9. The van der Waals surface area contributed by atoms with Crippen molar-refractivity contribution in [3.63, 3.8) is 0 Å². The van der Waals surface area contributed by atoms with E-state index in [2.05, 4.69) is 20.4 Å². The normalized spacial score (nSPS) is 11.5. The number of ether oxygens (including phenoxy) is 2. The second-order valence-electron chi connectivity index (χ2n) is 8.77. The van der Waals surface area contributed by atoms with E-state index in [0.717, 1.165) is 5.69 Å². The molecule has 2 aromatic heterocycles. The minimum absolute atomic E-state index is 0.235. The van der Waals surface area contributed by atoms with E-state index in [1.54, 1.807) is 30.6 Å². The van der Waals surface area contributed by atoms with E-state index in [1.807, 2.05) is 40.7 Å². The number of hydrogen-bond donors (Lipinski definition) is 1. The number of amides is 1. The predicted molar refractivity (Wildman–Crippen MR) is 124 cm³/mol. The Bertz CT molecular complexity index is 1090. The van der Waals surface area contributed by atoms with Crippen LogP contribution in [0.25, 0.3) is 5.95 Å². The van der Waals surface area contributed by atoms with Gasteiger partial charge in [-0.3, -0.25) is 4.79 Å². The lowest BCUT2D eigenvalue weighted by Crippen LogP contribution is -2.16. The van der Waals surface area contributed by atoms with Gasteiger partial charge in [-0.1, -0.05) is 46.2 Å². The molecule has 3 aromatic rings. The van der Waals surface area contributed by atoms with Crippen molar-refractivity contribution in [1.82, 2.24) is 19.7 Å². The molecule has 0 aliphatic rings. The topological polar surface area (TPSA) is 91.2 Å².